The van der Waals surface area contributed by atoms with Crippen LogP contribution in [0, 0.1) is 0 Å². The van der Waals surface area contributed by atoms with Crippen LogP contribution in [0.3, 0.4) is 0 Å². The SMILES string of the molecule is CCOc1ccc(SCC(=O)N(CC)CC(=O)NC(C)C)cc1. The second-order valence-electron chi connectivity index (χ2n) is 5.32. The smallest absolute Gasteiger partial charge is 0.239 e. The number of thioether (sulfide) groups is 1. The zero-order chi connectivity index (χ0) is 17.2. The molecule has 0 bridgehead atoms. The Labute approximate surface area is 142 Å². The third-order valence-corrected chi connectivity index (χ3v) is 4.01. The number of carbonyl (C=O) groups is 2. The number of amides is 2. The van der Waals surface area contributed by atoms with Gasteiger partial charge in [-0.3, -0.25) is 9.59 Å². The summed E-state index contributed by atoms with van der Waals surface area (Å²) in [5, 5.41) is 2.80. The molecule has 0 aromatic heterocycles. The van der Waals surface area contributed by atoms with Gasteiger partial charge in [0.2, 0.25) is 11.8 Å². The van der Waals surface area contributed by atoms with Crippen LogP contribution in [-0.4, -0.2) is 48.2 Å². The largest absolute Gasteiger partial charge is 0.494 e. The fraction of sp³-hybridized carbons (Fsp3) is 0.529. The number of hydrogen-bond donors (Lipinski definition) is 1. The van der Waals surface area contributed by atoms with Gasteiger partial charge in [0.15, 0.2) is 0 Å². The van der Waals surface area contributed by atoms with Gasteiger partial charge in [-0.05, 0) is 52.0 Å². The third-order valence-electron chi connectivity index (χ3n) is 3.02. The van der Waals surface area contributed by atoms with E-state index in [0.29, 0.717) is 18.9 Å². The number of ether oxygens (including phenoxy) is 1. The molecule has 0 saturated carbocycles. The van der Waals surface area contributed by atoms with Crippen molar-refractivity contribution in [2.45, 2.75) is 38.6 Å². The molecule has 23 heavy (non-hydrogen) atoms. The van der Waals surface area contributed by atoms with E-state index in [-0.39, 0.29) is 24.4 Å². The molecule has 0 fully saturated rings. The standard InChI is InChI=1S/C17H26N2O3S/c1-5-19(11-16(20)18-13(3)4)17(21)12-23-15-9-7-14(8-10-15)22-6-2/h7-10,13H,5-6,11-12H2,1-4H3,(H,18,20). The molecule has 1 aromatic rings. The van der Waals surface area contributed by atoms with E-state index in [4.69, 9.17) is 4.74 Å². The van der Waals surface area contributed by atoms with Crippen LogP contribution in [-0.2, 0) is 9.59 Å². The van der Waals surface area contributed by atoms with E-state index in [1.807, 2.05) is 52.0 Å². The van der Waals surface area contributed by atoms with Crippen molar-refractivity contribution in [2.75, 3.05) is 25.4 Å². The van der Waals surface area contributed by atoms with Gasteiger partial charge >= 0.3 is 0 Å². The van der Waals surface area contributed by atoms with Crippen LogP contribution < -0.4 is 10.1 Å². The second-order valence-corrected chi connectivity index (χ2v) is 6.37. The minimum atomic E-state index is -0.124. The minimum Gasteiger partial charge on any atom is -0.494 e. The van der Waals surface area contributed by atoms with Crippen molar-refractivity contribution >= 4 is 23.6 Å². The summed E-state index contributed by atoms with van der Waals surface area (Å²) in [6.07, 6.45) is 0. The van der Waals surface area contributed by atoms with Gasteiger partial charge in [-0.1, -0.05) is 0 Å². The number of carbonyl (C=O) groups excluding carboxylic acids is 2. The first-order valence-electron chi connectivity index (χ1n) is 7.89. The number of likely N-dealkylation sites (N-methyl/N-ethyl adjacent to an activating group) is 1. The van der Waals surface area contributed by atoms with Crippen LogP contribution in [0.15, 0.2) is 29.2 Å². The van der Waals surface area contributed by atoms with Crippen molar-refractivity contribution in [1.29, 1.82) is 0 Å². The maximum absolute atomic E-state index is 12.2. The van der Waals surface area contributed by atoms with Crippen LogP contribution >= 0.6 is 11.8 Å². The molecule has 0 spiro atoms. The maximum atomic E-state index is 12.2. The Morgan fingerprint density at radius 3 is 2.39 bits per heavy atom. The lowest BCUT2D eigenvalue weighted by molar-refractivity contribution is -0.134. The zero-order valence-electron chi connectivity index (χ0n) is 14.3. The van der Waals surface area contributed by atoms with E-state index >= 15 is 0 Å². The Morgan fingerprint density at radius 1 is 1.22 bits per heavy atom. The van der Waals surface area contributed by atoms with Gasteiger partial charge < -0.3 is 15.0 Å². The van der Waals surface area contributed by atoms with E-state index in [2.05, 4.69) is 5.32 Å². The number of rotatable bonds is 9. The van der Waals surface area contributed by atoms with E-state index in [1.54, 1.807) is 4.90 Å². The molecule has 0 saturated heterocycles. The first-order valence-corrected chi connectivity index (χ1v) is 8.87. The van der Waals surface area contributed by atoms with Crippen LogP contribution in [0.25, 0.3) is 0 Å². The predicted molar refractivity (Wildman–Crippen MR) is 93.9 cm³/mol. The first kappa shape index (κ1) is 19.4. The van der Waals surface area contributed by atoms with Crippen LogP contribution in [0.5, 0.6) is 5.75 Å². The summed E-state index contributed by atoms with van der Waals surface area (Å²) < 4.78 is 5.39. The van der Waals surface area contributed by atoms with Crippen LogP contribution in [0.2, 0.25) is 0 Å². The monoisotopic (exact) mass is 338 g/mol. The lowest BCUT2D eigenvalue weighted by atomic mass is 10.3. The molecule has 2 amide bonds. The molecule has 0 aliphatic heterocycles. The normalized spacial score (nSPS) is 10.5. The Bertz CT molecular complexity index is 503. The topological polar surface area (TPSA) is 58.6 Å². The first-order chi connectivity index (χ1) is 11.0. The average Bonchev–Trinajstić information content (AvgIpc) is 2.51. The van der Waals surface area contributed by atoms with Gasteiger partial charge in [0.25, 0.3) is 0 Å². The molecule has 0 heterocycles. The van der Waals surface area contributed by atoms with Gasteiger partial charge in [0, 0.05) is 17.5 Å². The molecule has 128 valence electrons. The summed E-state index contributed by atoms with van der Waals surface area (Å²) in [6, 6.07) is 7.73. The predicted octanol–water partition coefficient (Wildman–Crippen LogP) is 2.55. The lowest BCUT2D eigenvalue weighted by Gasteiger charge is -2.21. The highest BCUT2D eigenvalue weighted by Gasteiger charge is 2.16. The summed E-state index contributed by atoms with van der Waals surface area (Å²) in [6.45, 7) is 8.88. The third kappa shape index (κ3) is 7.41. The van der Waals surface area contributed by atoms with Gasteiger partial charge in [-0.25, -0.2) is 0 Å². The molecular formula is C17H26N2O3S. The van der Waals surface area contributed by atoms with Crippen molar-refractivity contribution in [1.82, 2.24) is 10.2 Å². The van der Waals surface area contributed by atoms with E-state index in [0.717, 1.165) is 10.6 Å². The summed E-state index contributed by atoms with van der Waals surface area (Å²) in [4.78, 5) is 26.6. The summed E-state index contributed by atoms with van der Waals surface area (Å²) in [7, 11) is 0. The molecule has 0 unspecified atom stereocenters. The van der Waals surface area contributed by atoms with E-state index in [9.17, 15) is 9.59 Å². The Morgan fingerprint density at radius 2 is 1.87 bits per heavy atom. The quantitative estimate of drug-likeness (QED) is 0.703. The molecule has 1 rings (SSSR count). The molecule has 0 atom stereocenters. The summed E-state index contributed by atoms with van der Waals surface area (Å²) in [5.74, 6) is 0.979. The van der Waals surface area contributed by atoms with Crippen molar-refractivity contribution in [2.24, 2.45) is 0 Å². The van der Waals surface area contributed by atoms with Crippen LogP contribution in [0.4, 0.5) is 0 Å². The van der Waals surface area contributed by atoms with Gasteiger partial charge in [0.1, 0.15) is 5.75 Å². The van der Waals surface area contributed by atoms with Gasteiger partial charge in [-0.15, -0.1) is 11.8 Å². The highest BCUT2D eigenvalue weighted by Crippen LogP contribution is 2.21. The van der Waals surface area contributed by atoms with Gasteiger partial charge in [0.05, 0.1) is 18.9 Å². The molecule has 0 aliphatic rings. The number of nitrogens with one attached hydrogen (secondary N) is 1. The Kier molecular flexibility index (Phi) is 8.55. The minimum absolute atomic E-state index is 0.0368. The van der Waals surface area contributed by atoms with Crippen molar-refractivity contribution in [3.05, 3.63) is 24.3 Å². The number of benzene rings is 1. The Balaban J connectivity index is 2.48. The molecule has 1 aromatic carbocycles. The maximum Gasteiger partial charge on any atom is 0.239 e. The average molecular weight is 338 g/mol. The second kappa shape index (κ2) is 10.2. The highest BCUT2D eigenvalue weighted by molar-refractivity contribution is 8.00. The fourth-order valence-corrected chi connectivity index (χ4v) is 2.75. The van der Waals surface area contributed by atoms with Crippen molar-refractivity contribution < 1.29 is 14.3 Å². The molecule has 0 radical (unpaired) electrons. The Hall–Kier alpha value is -1.69. The molecule has 5 nitrogen and oxygen atoms in total. The molecular weight excluding hydrogens is 312 g/mol. The van der Waals surface area contributed by atoms with Crippen molar-refractivity contribution in [3.8, 4) is 5.75 Å². The number of nitrogens with zero attached hydrogens (tertiary/aromatic N) is 1. The summed E-state index contributed by atoms with van der Waals surface area (Å²) in [5.41, 5.74) is 0. The van der Waals surface area contributed by atoms with E-state index in [1.165, 1.54) is 11.8 Å². The van der Waals surface area contributed by atoms with Crippen molar-refractivity contribution in [3.63, 3.8) is 0 Å². The highest BCUT2D eigenvalue weighted by atomic mass is 32.2. The molecule has 1 N–H and O–H groups in total. The fourth-order valence-electron chi connectivity index (χ4n) is 1.95. The zero-order valence-corrected chi connectivity index (χ0v) is 15.1. The molecule has 0 aliphatic carbocycles. The van der Waals surface area contributed by atoms with Gasteiger partial charge in [-0.2, -0.15) is 0 Å². The van der Waals surface area contributed by atoms with Crippen LogP contribution in [0.1, 0.15) is 27.7 Å². The number of hydrogen-bond acceptors (Lipinski definition) is 4. The summed E-state index contributed by atoms with van der Waals surface area (Å²) >= 11 is 1.46. The molecule has 6 heteroatoms. The lowest BCUT2D eigenvalue weighted by Crippen LogP contribution is -2.43. The van der Waals surface area contributed by atoms with E-state index < -0.39 is 0 Å².